The van der Waals surface area contributed by atoms with Crippen LogP contribution in [0.15, 0.2) is 48.5 Å². The van der Waals surface area contributed by atoms with Gasteiger partial charge in [0.2, 0.25) is 5.91 Å². The van der Waals surface area contributed by atoms with E-state index in [1.54, 1.807) is 0 Å². The average molecular weight is 408 g/mol. The molecule has 156 valence electrons. The fraction of sp³-hybridized carbons (Fsp3) is 0.348. The largest absolute Gasteiger partial charge is 0.480 e. The maximum Gasteiger partial charge on any atom is 0.407 e. The molecular formula is C23H24N2O5. The third-order valence-electron chi connectivity index (χ3n) is 5.63. The molecule has 3 N–H and O–H groups in total. The maximum absolute atomic E-state index is 12.4. The lowest BCUT2D eigenvalue weighted by molar-refractivity contribution is -0.138. The van der Waals surface area contributed by atoms with Crippen molar-refractivity contribution in [2.24, 2.45) is 5.92 Å². The zero-order valence-electron chi connectivity index (χ0n) is 16.5. The molecule has 1 saturated carbocycles. The molecule has 1 fully saturated rings. The Morgan fingerprint density at radius 3 is 2.17 bits per heavy atom. The first kappa shape index (κ1) is 19.9. The normalized spacial score (nSPS) is 15.6. The average Bonchev–Trinajstić information content (AvgIpc) is 3.50. The standard InChI is InChI=1S/C23H24N2O5/c26-21(27)12-24-22(28)20(11-14-9-10-14)25-23(29)30-13-19-17-7-3-1-5-15(17)16-6-2-4-8-18(16)19/h1-8,14,19-20H,9-13H2,(H,24,28)(H,25,29)(H,26,27)/t20-/m0/s1. The Balaban J connectivity index is 1.40. The molecule has 2 aromatic carbocycles. The fourth-order valence-electron chi connectivity index (χ4n) is 3.99. The van der Waals surface area contributed by atoms with Crippen molar-refractivity contribution in [3.05, 3.63) is 59.7 Å². The summed E-state index contributed by atoms with van der Waals surface area (Å²) in [7, 11) is 0. The summed E-state index contributed by atoms with van der Waals surface area (Å²) in [5.74, 6) is -1.32. The molecule has 0 aromatic heterocycles. The molecule has 0 bridgehead atoms. The number of alkyl carbamates (subject to hydrolysis) is 1. The number of fused-ring (bicyclic) bond motifs is 3. The SMILES string of the molecule is O=C(O)CNC(=O)[C@H](CC1CC1)NC(=O)OCC1c2ccccc2-c2ccccc21. The van der Waals surface area contributed by atoms with E-state index in [0.29, 0.717) is 12.3 Å². The van der Waals surface area contributed by atoms with Crippen LogP contribution >= 0.6 is 0 Å². The molecule has 2 aliphatic carbocycles. The van der Waals surface area contributed by atoms with E-state index in [0.717, 1.165) is 35.1 Å². The van der Waals surface area contributed by atoms with Crippen molar-refractivity contribution in [1.29, 1.82) is 0 Å². The second-order valence-corrected chi connectivity index (χ2v) is 7.81. The van der Waals surface area contributed by atoms with Gasteiger partial charge in [-0.15, -0.1) is 0 Å². The van der Waals surface area contributed by atoms with E-state index in [1.165, 1.54) is 0 Å². The lowest BCUT2D eigenvalue weighted by Gasteiger charge is -2.19. The number of hydrogen-bond acceptors (Lipinski definition) is 4. The topological polar surface area (TPSA) is 105 Å². The molecule has 2 aromatic rings. The van der Waals surface area contributed by atoms with Gasteiger partial charge in [-0.05, 0) is 34.6 Å². The first-order valence-corrected chi connectivity index (χ1v) is 10.1. The number of hydrogen-bond donors (Lipinski definition) is 3. The summed E-state index contributed by atoms with van der Waals surface area (Å²) in [6.45, 7) is -0.320. The quantitative estimate of drug-likeness (QED) is 0.623. The van der Waals surface area contributed by atoms with Crippen LogP contribution in [0.1, 0.15) is 36.3 Å². The van der Waals surface area contributed by atoms with E-state index in [4.69, 9.17) is 9.84 Å². The summed E-state index contributed by atoms with van der Waals surface area (Å²) in [5, 5.41) is 13.7. The van der Waals surface area contributed by atoms with Crippen molar-refractivity contribution in [3.63, 3.8) is 0 Å². The van der Waals surface area contributed by atoms with Gasteiger partial charge >= 0.3 is 12.1 Å². The Morgan fingerprint density at radius 1 is 1.00 bits per heavy atom. The van der Waals surface area contributed by atoms with E-state index in [-0.39, 0.29) is 12.5 Å². The van der Waals surface area contributed by atoms with Crippen molar-refractivity contribution in [1.82, 2.24) is 10.6 Å². The van der Waals surface area contributed by atoms with Crippen molar-refractivity contribution in [3.8, 4) is 11.1 Å². The summed E-state index contributed by atoms with van der Waals surface area (Å²) in [5.41, 5.74) is 4.50. The van der Waals surface area contributed by atoms with E-state index in [2.05, 4.69) is 22.8 Å². The highest BCUT2D eigenvalue weighted by Crippen LogP contribution is 2.44. The van der Waals surface area contributed by atoms with Gasteiger partial charge in [0.1, 0.15) is 19.2 Å². The number of rotatable bonds is 8. The molecular weight excluding hydrogens is 384 g/mol. The van der Waals surface area contributed by atoms with Crippen LogP contribution in [0, 0.1) is 5.92 Å². The van der Waals surface area contributed by atoms with Crippen LogP contribution < -0.4 is 10.6 Å². The van der Waals surface area contributed by atoms with Gasteiger partial charge in [-0.2, -0.15) is 0 Å². The monoisotopic (exact) mass is 408 g/mol. The highest BCUT2D eigenvalue weighted by atomic mass is 16.5. The minimum Gasteiger partial charge on any atom is -0.480 e. The van der Waals surface area contributed by atoms with Crippen LogP contribution in [-0.4, -0.2) is 42.3 Å². The summed E-state index contributed by atoms with van der Waals surface area (Å²) < 4.78 is 5.50. The van der Waals surface area contributed by atoms with Gasteiger partial charge in [-0.1, -0.05) is 61.4 Å². The van der Waals surface area contributed by atoms with Gasteiger partial charge in [0.15, 0.2) is 0 Å². The third-order valence-corrected chi connectivity index (χ3v) is 5.63. The molecule has 7 heteroatoms. The summed E-state index contributed by atoms with van der Waals surface area (Å²) >= 11 is 0. The van der Waals surface area contributed by atoms with Gasteiger partial charge in [0.25, 0.3) is 0 Å². The molecule has 4 rings (SSSR count). The van der Waals surface area contributed by atoms with Crippen molar-refractivity contribution >= 4 is 18.0 Å². The first-order valence-electron chi connectivity index (χ1n) is 10.1. The number of carbonyl (C=O) groups excluding carboxylic acids is 2. The molecule has 0 heterocycles. The Hall–Kier alpha value is -3.35. The second kappa shape index (κ2) is 8.57. The molecule has 7 nitrogen and oxygen atoms in total. The van der Waals surface area contributed by atoms with Crippen LogP contribution in [-0.2, 0) is 14.3 Å². The van der Waals surface area contributed by atoms with E-state index < -0.39 is 30.6 Å². The van der Waals surface area contributed by atoms with Crippen LogP contribution in [0.25, 0.3) is 11.1 Å². The van der Waals surface area contributed by atoms with Crippen LogP contribution in [0.5, 0.6) is 0 Å². The Kier molecular flexibility index (Phi) is 5.70. The highest BCUT2D eigenvalue weighted by molar-refractivity contribution is 5.88. The van der Waals surface area contributed by atoms with Crippen LogP contribution in [0.4, 0.5) is 4.79 Å². The van der Waals surface area contributed by atoms with Gasteiger partial charge < -0.3 is 20.5 Å². The van der Waals surface area contributed by atoms with Crippen molar-refractivity contribution in [2.75, 3.05) is 13.2 Å². The zero-order valence-corrected chi connectivity index (χ0v) is 16.5. The molecule has 2 amide bonds. The number of nitrogens with one attached hydrogen (secondary N) is 2. The maximum atomic E-state index is 12.4. The molecule has 2 aliphatic rings. The minimum absolute atomic E-state index is 0.0640. The Labute approximate surface area is 174 Å². The summed E-state index contributed by atoms with van der Waals surface area (Å²) in [6.07, 6.45) is 1.83. The van der Waals surface area contributed by atoms with Gasteiger partial charge in [-0.25, -0.2) is 4.79 Å². The van der Waals surface area contributed by atoms with Crippen LogP contribution in [0.3, 0.4) is 0 Å². The molecule has 1 atom stereocenters. The van der Waals surface area contributed by atoms with Gasteiger partial charge in [-0.3, -0.25) is 9.59 Å². The Bertz CT molecular complexity index is 924. The number of carbonyl (C=O) groups is 3. The lowest BCUT2D eigenvalue weighted by atomic mass is 9.98. The molecule has 0 saturated heterocycles. The zero-order chi connectivity index (χ0) is 21.1. The molecule has 0 unspecified atom stereocenters. The predicted octanol–water partition coefficient (Wildman–Crippen LogP) is 2.89. The van der Waals surface area contributed by atoms with E-state index in [9.17, 15) is 14.4 Å². The number of carboxylic acids is 1. The smallest absolute Gasteiger partial charge is 0.407 e. The molecule has 30 heavy (non-hydrogen) atoms. The molecule has 0 aliphatic heterocycles. The first-order chi connectivity index (χ1) is 14.5. The fourth-order valence-corrected chi connectivity index (χ4v) is 3.99. The van der Waals surface area contributed by atoms with E-state index in [1.807, 2.05) is 36.4 Å². The van der Waals surface area contributed by atoms with Crippen molar-refractivity contribution < 1.29 is 24.2 Å². The number of benzene rings is 2. The number of aliphatic carboxylic acids is 1. The number of amides is 2. The molecule has 0 spiro atoms. The highest BCUT2D eigenvalue weighted by Gasteiger charge is 2.32. The Morgan fingerprint density at radius 2 is 1.60 bits per heavy atom. The predicted molar refractivity (Wildman–Crippen MR) is 110 cm³/mol. The van der Waals surface area contributed by atoms with Crippen molar-refractivity contribution in [2.45, 2.75) is 31.2 Å². The van der Waals surface area contributed by atoms with Crippen LogP contribution in [0.2, 0.25) is 0 Å². The summed E-state index contributed by atoms with van der Waals surface area (Å²) in [4.78, 5) is 35.4. The van der Waals surface area contributed by atoms with E-state index >= 15 is 0 Å². The third kappa shape index (κ3) is 4.45. The lowest BCUT2D eigenvalue weighted by Crippen LogP contribution is -2.48. The minimum atomic E-state index is -1.13. The second-order valence-electron chi connectivity index (χ2n) is 7.81. The number of ether oxygens (including phenoxy) is 1. The number of carboxylic acid groups (broad SMARTS) is 1. The summed E-state index contributed by atoms with van der Waals surface area (Å²) in [6, 6.07) is 15.3. The molecule has 0 radical (unpaired) electrons. The van der Waals surface area contributed by atoms with Gasteiger partial charge in [0, 0.05) is 5.92 Å². The van der Waals surface area contributed by atoms with Gasteiger partial charge in [0.05, 0.1) is 0 Å².